The molecule has 0 saturated heterocycles. The Morgan fingerprint density at radius 1 is 1.38 bits per heavy atom. The quantitative estimate of drug-likeness (QED) is 0.783. The smallest absolute Gasteiger partial charge is 0.278 e. The van der Waals surface area contributed by atoms with Gasteiger partial charge in [0.1, 0.15) is 16.7 Å². The molecule has 7 heteroatoms. The maximum atomic E-state index is 12.7. The molecule has 1 aromatic heterocycles. The van der Waals surface area contributed by atoms with Crippen molar-refractivity contribution < 1.29 is 17.7 Å². The number of halogens is 2. The summed E-state index contributed by atoms with van der Waals surface area (Å²) in [5.74, 6) is -2.60. The Kier molecular flexibility index (Phi) is 5.55. The Morgan fingerprint density at radius 2 is 2.00 bits per heavy atom. The third kappa shape index (κ3) is 6.29. The average Bonchev–Trinajstić information content (AvgIpc) is 2.32. The Labute approximate surface area is 126 Å². The van der Waals surface area contributed by atoms with Gasteiger partial charge in [0, 0.05) is 6.92 Å². The SMILES string of the molecule is Cc1cc(C=N[S@](=O)C(C)(C)C)ncc1OCC(C)(F)F. The van der Waals surface area contributed by atoms with Gasteiger partial charge in [-0.2, -0.15) is 4.40 Å². The fourth-order valence-corrected chi connectivity index (χ4v) is 1.77. The third-order valence-electron chi connectivity index (χ3n) is 2.37. The number of pyridine rings is 1. The van der Waals surface area contributed by atoms with Gasteiger partial charge >= 0.3 is 0 Å². The predicted octanol–water partition coefficient (Wildman–Crippen LogP) is 3.31. The Balaban J connectivity index is 2.79. The second kappa shape index (κ2) is 6.60. The van der Waals surface area contributed by atoms with E-state index in [-0.39, 0.29) is 0 Å². The van der Waals surface area contributed by atoms with Crippen LogP contribution in [0.25, 0.3) is 0 Å². The Morgan fingerprint density at radius 3 is 2.48 bits per heavy atom. The van der Waals surface area contributed by atoms with Crippen molar-refractivity contribution in [2.24, 2.45) is 4.40 Å². The highest BCUT2D eigenvalue weighted by molar-refractivity contribution is 7.85. The van der Waals surface area contributed by atoms with Gasteiger partial charge in [-0.15, -0.1) is 0 Å². The average molecular weight is 318 g/mol. The maximum Gasteiger partial charge on any atom is 0.278 e. The molecule has 0 fully saturated rings. The minimum atomic E-state index is -2.89. The highest BCUT2D eigenvalue weighted by Gasteiger charge is 2.22. The summed E-state index contributed by atoms with van der Waals surface area (Å²) in [6.45, 7) is 7.28. The number of alkyl halides is 2. The molecule has 0 aliphatic rings. The van der Waals surface area contributed by atoms with E-state index in [9.17, 15) is 13.0 Å². The summed E-state index contributed by atoms with van der Waals surface area (Å²) in [6, 6.07) is 1.65. The minimum absolute atomic E-state index is 0.297. The number of nitrogens with zero attached hydrogens (tertiary/aromatic N) is 2. The van der Waals surface area contributed by atoms with Crippen molar-refractivity contribution in [2.75, 3.05) is 6.61 Å². The Bertz CT molecular complexity index is 549. The van der Waals surface area contributed by atoms with E-state index in [1.54, 1.807) is 13.0 Å². The molecule has 118 valence electrons. The molecule has 0 saturated carbocycles. The summed E-state index contributed by atoms with van der Waals surface area (Å²) in [5, 5.41) is 0. The number of rotatable bonds is 5. The number of aryl methyl sites for hydroxylation is 1. The molecule has 0 amide bonds. The zero-order valence-electron chi connectivity index (χ0n) is 12.8. The monoisotopic (exact) mass is 318 g/mol. The van der Waals surface area contributed by atoms with Crippen molar-refractivity contribution in [3.8, 4) is 5.75 Å². The first kappa shape index (κ1) is 17.7. The van der Waals surface area contributed by atoms with Crippen molar-refractivity contribution in [3.63, 3.8) is 0 Å². The number of hydrogen-bond acceptors (Lipinski definition) is 3. The summed E-state index contributed by atoms with van der Waals surface area (Å²) in [6.07, 6.45) is 2.77. The van der Waals surface area contributed by atoms with Gasteiger partial charge in [0.25, 0.3) is 5.92 Å². The molecule has 1 rings (SSSR count). The zero-order valence-corrected chi connectivity index (χ0v) is 13.6. The zero-order chi connectivity index (χ0) is 16.3. The van der Waals surface area contributed by atoms with Crippen LogP contribution in [0.15, 0.2) is 16.7 Å². The van der Waals surface area contributed by atoms with Crippen LogP contribution in [0, 0.1) is 6.92 Å². The van der Waals surface area contributed by atoms with Crippen LogP contribution in [0.2, 0.25) is 0 Å². The summed E-state index contributed by atoms with van der Waals surface area (Å²) < 4.78 is 45.8. The molecule has 1 aromatic rings. The van der Waals surface area contributed by atoms with Crippen molar-refractivity contribution in [3.05, 3.63) is 23.5 Å². The van der Waals surface area contributed by atoms with Crippen LogP contribution in [0.4, 0.5) is 8.78 Å². The van der Waals surface area contributed by atoms with Crippen LogP contribution >= 0.6 is 0 Å². The molecule has 21 heavy (non-hydrogen) atoms. The van der Waals surface area contributed by atoms with Crippen molar-refractivity contribution in [1.29, 1.82) is 0 Å². The molecule has 0 bridgehead atoms. The van der Waals surface area contributed by atoms with E-state index >= 15 is 0 Å². The molecule has 1 atom stereocenters. The maximum absolute atomic E-state index is 12.7. The molecule has 4 nitrogen and oxygen atoms in total. The van der Waals surface area contributed by atoms with Gasteiger partial charge in [0.05, 0.1) is 22.9 Å². The minimum Gasteiger partial charge on any atom is -0.485 e. The van der Waals surface area contributed by atoms with Gasteiger partial charge < -0.3 is 4.74 Å². The first-order valence-electron chi connectivity index (χ1n) is 6.42. The van der Waals surface area contributed by atoms with E-state index < -0.39 is 28.3 Å². The molecular weight excluding hydrogens is 298 g/mol. The van der Waals surface area contributed by atoms with Gasteiger partial charge in [-0.25, -0.2) is 13.0 Å². The summed E-state index contributed by atoms with van der Waals surface area (Å²) in [5.41, 5.74) is 1.16. The van der Waals surface area contributed by atoms with Crippen LogP contribution in [0.3, 0.4) is 0 Å². The second-order valence-electron chi connectivity index (χ2n) is 5.83. The predicted molar refractivity (Wildman–Crippen MR) is 80.6 cm³/mol. The highest BCUT2D eigenvalue weighted by atomic mass is 32.2. The fraction of sp³-hybridized carbons (Fsp3) is 0.571. The van der Waals surface area contributed by atoms with E-state index in [1.165, 1.54) is 12.4 Å². The van der Waals surface area contributed by atoms with E-state index in [0.717, 1.165) is 6.92 Å². The molecule has 0 aliphatic carbocycles. The van der Waals surface area contributed by atoms with Gasteiger partial charge in [0.2, 0.25) is 0 Å². The summed E-state index contributed by atoms with van der Waals surface area (Å²) in [7, 11) is -1.37. The molecule has 0 N–H and O–H groups in total. The van der Waals surface area contributed by atoms with Crippen molar-refractivity contribution in [1.82, 2.24) is 4.98 Å². The lowest BCUT2D eigenvalue weighted by molar-refractivity contribution is -0.0232. The van der Waals surface area contributed by atoms with E-state index in [2.05, 4.69) is 9.38 Å². The van der Waals surface area contributed by atoms with Gasteiger partial charge in [-0.3, -0.25) is 4.98 Å². The molecule has 1 heterocycles. The first-order chi connectivity index (χ1) is 9.49. The van der Waals surface area contributed by atoms with Crippen molar-refractivity contribution >= 4 is 17.2 Å². The largest absolute Gasteiger partial charge is 0.485 e. The lowest BCUT2D eigenvalue weighted by Crippen LogP contribution is -2.21. The van der Waals surface area contributed by atoms with E-state index in [4.69, 9.17) is 4.74 Å². The molecule has 0 unspecified atom stereocenters. The molecular formula is C14H20F2N2O2S. The second-order valence-corrected chi connectivity index (χ2v) is 7.76. The third-order valence-corrected chi connectivity index (χ3v) is 3.71. The van der Waals surface area contributed by atoms with Crippen LogP contribution in [-0.2, 0) is 11.0 Å². The topological polar surface area (TPSA) is 51.5 Å². The summed E-state index contributed by atoms with van der Waals surface area (Å²) in [4.78, 5) is 4.04. The molecule has 0 spiro atoms. The van der Waals surface area contributed by atoms with Crippen LogP contribution in [-0.4, -0.2) is 32.7 Å². The number of ether oxygens (including phenoxy) is 1. The van der Waals surface area contributed by atoms with Gasteiger partial charge in [-0.05, 0) is 39.3 Å². The number of hydrogen-bond donors (Lipinski definition) is 0. The van der Waals surface area contributed by atoms with Gasteiger partial charge in [0.15, 0.2) is 6.61 Å². The normalized spacial score (nSPS) is 14.4. The van der Waals surface area contributed by atoms with Crippen LogP contribution in [0.1, 0.15) is 39.0 Å². The van der Waals surface area contributed by atoms with Crippen molar-refractivity contribution in [2.45, 2.75) is 45.3 Å². The Hall–Kier alpha value is -1.37. The lowest BCUT2D eigenvalue weighted by Gasteiger charge is -2.14. The summed E-state index contributed by atoms with van der Waals surface area (Å²) >= 11 is 0. The lowest BCUT2D eigenvalue weighted by atomic mass is 10.2. The standard InChI is InChI=1S/C14H20F2N2O2S/c1-10-6-11(7-18-21(19)13(2,3)4)17-8-12(10)20-9-14(5,15)16/h6-8H,9H2,1-5H3/t21-/m1/s1. The van der Waals surface area contributed by atoms with Crippen LogP contribution < -0.4 is 4.74 Å². The fourth-order valence-electron chi connectivity index (χ4n) is 1.25. The molecule has 0 aliphatic heterocycles. The number of aromatic nitrogens is 1. The molecule has 0 radical (unpaired) electrons. The highest BCUT2D eigenvalue weighted by Crippen LogP contribution is 2.20. The van der Waals surface area contributed by atoms with Crippen LogP contribution in [0.5, 0.6) is 5.75 Å². The van der Waals surface area contributed by atoms with Gasteiger partial charge in [-0.1, -0.05) is 0 Å². The first-order valence-corrected chi connectivity index (χ1v) is 7.53. The molecule has 0 aromatic carbocycles. The van der Waals surface area contributed by atoms with E-state index in [1.807, 2.05) is 20.8 Å². The van der Waals surface area contributed by atoms with E-state index in [0.29, 0.717) is 17.0 Å².